The standard InChI is InChI=1S/C17H15FN2OS/c1-21-16-7-4-13(18)8-12(16)9-17-20-15(10-22-17)11-2-5-14(19)6-3-11/h2-8,10H,9,19H2,1H3. The zero-order chi connectivity index (χ0) is 15.5. The van der Waals surface area contributed by atoms with Crippen molar-refractivity contribution in [3.05, 3.63) is 64.2 Å². The van der Waals surface area contributed by atoms with Gasteiger partial charge in [0.25, 0.3) is 0 Å². The van der Waals surface area contributed by atoms with E-state index in [0.717, 1.165) is 27.5 Å². The van der Waals surface area contributed by atoms with E-state index < -0.39 is 0 Å². The minimum absolute atomic E-state index is 0.272. The number of hydrogen-bond acceptors (Lipinski definition) is 4. The maximum absolute atomic E-state index is 13.4. The predicted molar refractivity (Wildman–Crippen MR) is 87.7 cm³/mol. The number of thiazole rings is 1. The van der Waals surface area contributed by atoms with Gasteiger partial charge in [-0.15, -0.1) is 11.3 Å². The fourth-order valence-electron chi connectivity index (χ4n) is 2.23. The number of nitrogen functional groups attached to an aromatic ring is 1. The Morgan fingerprint density at radius 2 is 1.95 bits per heavy atom. The highest BCUT2D eigenvalue weighted by Crippen LogP contribution is 2.27. The fourth-order valence-corrected chi connectivity index (χ4v) is 3.05. The lowest BCUT2D eigenvalue weighted by molar-refractivity contribution is 0.409. The van der Waals surface area contributed by atoms with E-state index in [4.69, 9.17) is 10.5 Å². The average molecular weight is 314 g/mol. The van der Waals surface area contributed by atoms with Crippen molar-refractivity contribution in [1.82, 2.24) is 4.98 Å². The normalized spacial score (nSPS) is 10.6. The Kier molecular flexibility index (Phi) is 4.06. The van der Waals surface area contributed by atoms with Crippen molar-refractivity contribution in [2.45, 2.75) is 6.42 Å². The highest BCUT2D eigenvalue weighted by Gasteiger charge is 2.10. The van der Waals surface area contributed by atoms with Crippen molar-refractivity contribution in [3.8, 4) is 17.0 Å². The van der Waals surface area contributed by atoms with E-state index in [1.54, 1.807) is 24.5 Å². The smallest absolute Gasteiger partial charge is 0.123 e. The summed E-state index contributed by atoms with van der Waals surface area (Å²) >= 11 is 1.55. The molecule has 22 heavy (non-hydrogen) atoms. The van der Waals surface area contributed by atoms with Crippen LogP contribution < -0.4 is 10.5 Å². The van der Waals surface area contributed by atoms with Crippen molar-refractivity contribution in [2.24, 2.45) is 0 Å². The molecule has 0 unspecified atom stereocenters. The van der Waals surface area contributed by atoms with Gasteiger partial charge >= 0.3 is 0 Å². The molecule has 0 aliphatic heterocycles. The van der Waals surface area contributed by atoms with Crippen LogP contribution in [0.1, 0.15) is 10.6 Å². The number of nitrogens with zero attached hydrogens (tertiary/aromatic N) is 1. The molecule has 0 bridgehead atoms. The number of rotatable bonds is 4. The first-order valence-electron chi connectivity index (χ1n) is 6.78. The average Bonchev–Trinajstić information content (AvgIpc) is 2.97. The molecule has 0 atom stereocenters. The van der Waals surface area contributed by atoms with E-state index in [0.29, 0.717) is 12.2 Å². The van der Waals surface area contributed by atoms with Crippen molar-refractivity contribution in [2.75, 3.05) is 12.8 Å². The third-order valence-electron chi connectivity index (χ3n) is 3.34. The van der Waals surface area contributed by atoms with Gasteiger partial charge in [-0.1, -0.05) is 12.1 Å². The SMILES string of the molecule is COc1ccc(F)cc1Cc1nc(-c2ccc(N)cc2)cs1. The molecule has 3 rings (SSSR count). The summed E-state index contributed by atoms with van der Waals surface area (Å²) < 4.78 is 18.7. The van der Waals surface area contributed by atoms with E-state index in [2.05, 4.69) is 4.98 Å². The summed E-state index contributed by atoms with van der Waals surface area (Å²) in [6, 6.07) is 12.1. The first-order valence-corrected chi connectivity index (χ1v) is 7.66. The summed E-state index contributed by atoms with van der Waals surface area (Å²) in [5, 5.41) is 2.91. The first-order chi connectivity index (χ1) is 10.7. The van der Waals surface area contributed by atoms with Crippen LogP contribution in [0.4, 0.5) is 10.1 Å². The molecule has 2 N–H and O–H groups in total. The highest BCUT2D eigenvalue weighted by molar-refractivity contribution is 7.10. The van der Waals surface area contributed by atoms with Crippen molar-refractivity contribution in [3.63, 3.8) is 0 Å². The molecule has 112 valence electrons. The molecule has 0 aliphatic carbocycles. The van der Waals surface area contributed by atoms with Crippen LogP contribution >= 0.6 is 11.3 Å². The van der Waals surface area contributed by atoms with Crippen LogP contribution in [0.25, 0.3) is 11.3 Å². The Hall–Kier alpha value is -2.40. The monoisotopic (exact) mass is 314 g/mol. The second kappa shape index (κ2) is 6.15. The minimum atomic E-state index is -0.272. The molecular formula is C17H15FN2OS. The van der Waals surface area contributed by atoms with Crippen molar-refractivity contribution >= 4 is 17.0 Å². The summed E-state index contributed by atoms with van der Waals surface area (Å²) in [7, 11) is 1.58. The molecule has 1 heterocycles. The van der Waals surface area contributed by atoms with Gasteiger partial charge in [-0.05, 0) is 30.3 Å². The van der Waals surface area contributed by atoms with Gasteiger partial charge < -0.3 is 10.5 Å². The summed E-state index contributed by atoms with van der Waals surface area (Å²) in [5.41, 5.74) is 9.12. The largest absolute Gasteiger partial charge is 0.496 e. The van der Waals surface area contributed by atoms with Crippen molar-refractivity contribution < 1.29 is 9.13 Å². The summed E-state index contributed by atoms with van der Waals surface area (Å²) in [6.07, 6.45) is 0.542. The third-order valence-corrected chi connectivity index (χ3v) is 4.19. The molecule has 5 heteroatoms. The van der Waals surface area contributed by atoms with Crippen LogP contribution in [0.15, 0.2) is 47.8 Å². The quantitative estimate of drug-likeness (QED) is 0.737. The van der Waals surface area contributed by atoms with Crippen LogP contribution in [0.5, 0.6) is 5.75 Å². The minimum Gasteiger partial charge on any atom is -0.496 e. The van der Waals surface area contributed by atoms with Crippen LogP contribution in [-0.4, -0.2) is 12.1 Å². The van der Waals surface area contributed by atoms with Crippen LogP contribution in [0.2, 0.25) is 0 Å². The summed E-state index contributed by atoms with van der Waals surface area (Å²) in [5.74, 6) is 0.400. The third kappa shape index (κ3) is 3.09. The lowest BCUT2D eigenvalue weighted by Gasteiger charge is -2.06. The van der Waals surface area contributed by atoms with Gasteiger partial charge in [0.15, 0.2) is 0 Å². The van der Waals surface area contributed by atoms with Gasteiger partial charge in [0.2, 0.25) is 0 Å². The predicted octanol–water partition coefficient (Wildman–Crippen LogP) is 4.13. The fraction of sp³-hybridized carbons (Fsp3) is 0.118. The maximum atomic E-state index is 13.4. The van der Waals surface area contributed by atoms with Gasteiger partial charge in [-0.25, -0.2) is 9.37 Å². The zero-order valence-corrected chi connectivity index (χ0v) is 12.9. The first kappa shape index (κ1) is 14.5. The second-order valence-corrected chi connectivity index (χ2v) is 5.82. The summed E-state index contributed by atoms with van der Waals surface area (Å²) in [4.78, 5) is 4.61. The van der Waals surface area contributed by atoms with Gasteiger partial charge in [0.1, 0.15) is 11.6 Å². The molecule has 0 radical (unpaired) electrons. The molecule has 1 aromatic heterocycles. The van der Waals surface area contributed by atoms with E-state index >= 15 is 0 Å². The van der Waals surface area contributed by atoms with Gasteiger partial charge in [0, 0.05) is 28.6 Å². The van der Waals surface area contributed by atoms with Gasteiger partial charge in [-0.2, -0.15) is 0 Å². The number of aromatic nitrogens is 1. The second-order valence-electron chi connectivity index (χ2n) is 4.88. The molecule has 0 saturated heterocycles. The molecule has 0 aliphatic rings. The molecule has 0 amide bonds. The number of ether oxygens (including phenoxy) is 1. The van der Waals surface area contributed by atoms with Crippen LogP contribution in [-0.2, 0) is 6.42 Å². The van der Waals surface area contributed by atoms with E-state index in [1.165, 1.54) is 12.1 Å². The number of halogens is 1. The number of anilines is 1. The Balaban J connectivity index is 1.85. The van der Waals surface area contributed by atoms with Crippen molar-refractivity contribution in [1.29, 1.82) is 0 Å². The van der Waals surface area contributed by atoms with Gasteiger partial charge in [-0.3, -0.25) is 0 Å². The Labute approximate surface area is 132 Å². The molecular weight excluding hydrogens is 299 g/mol. The lowest BCUT2D eigenvalue weighted by Crippen LogP contribution is -1.94. The highest BCUT2D eigenvalue weighted by atomic mass is 32.1. The van der Waals surface area contributed by atoms with Crippen LogP contribution in [0, 0.1) is 5.82 Å². The van der Waals surface area contributed by atoms with E-state index in [-0.39, 0.29) is 5.82 Å². The van der Waals surface area contributed by atoms with Gasteiger partial charge in [0.05, 0.1) is 17.8 Å². The van der Waals surface area contributed by atoms with Crippen LogP contribution in [0.3, 0.4) is 0 Å². The van der Waals surface area contributed by atoms with E-state index in [9.17, 15) is 4.39 Å². The summed E-state index contributed by atoms with van der Waals surface area (Å²) in [6.45, 7) is 0. The number of benzene rings is 2. The molecule has 0 spiro atoms. The molecule has 0 saturated carbocycles. The topological polar surface area (TPSA) is 48.1 Å². The Bertz CT molecular complexity index is 784. The number of hydrogen-bond donors (Lipinski definition) is 1. The lowest BCUT2D eigenvalue weighted by atomic mass is 10.1. The molecule has 0 fully saturated rings. The Morgan fingerprint density at radius 1 is 1.18 bits per heavy atom. The zero-order valence-electron chi connectivity index (χ0n) is 12.0. The number of methoxy groups -OCH3 is 1. The number of nitrogens with two attached hydrogens (primary N) is 1. The molecule has 3 nitrogen and oxygen atoms in total. The maximum Gasteiger partial charge on any atom is 0.123 e. The molecule has 3 aromatic rings. The van der Waals surface area contributed by atoms with E-state index in [1.807, 2.05) is 29.6 Å². The molecule has 2 aromatic carbocycles. The Morgan fingerprint density at radius 3 is 2.68 bits per heavy atom.